The molecule has 0 aromatic carbocycles. The lowest BCUT2D eigenvalue weighted by atomic mass is 10.1. The van der Waals surface area contributed by atoms with Gasteiger partial charge in [-0.05, 0) is 19.8 Å². The van der Waals surface area contributed by atoms with Gasteiger partial charge in [-0.15, -0.1) is 0 Å². The largest absolute Gasteiger partial charge is 0.325 e. The van der Waals surface area contributed by atoms with Gasteiger partial charge in [-0.3, -0.25) is 9.69 Å². The fourth-order valence-electron chi connectivity index (χ4n) is 1.42. The Hall–Kier alpha value is -1.06. The monoisotopic (exact) mass is 198 g/mol. The second kappa shape index (κ2) is 3.59. The van der Waals surface area contributed by atoms with E-state index in [9.17, 15) is 9.59 Å². The van der Waals surface area contributed by atoms with Crippen molar-refractivity contribution in [1.82, 2.24) is 10.2 Å². The molecule has 1 rings (SSSR count). The normalized spacial score (nSPS) is 22.4. The van der Waals surface area contributed by atoms with Gasteiger partial charge in [0.15, 0.2) is 0 Å². The molecule has 4 nitrogen and oxygen atoms in total. The van der Waals surface area contributed by atoms with Crippen LogP contribution in [0.25, 0.3) is 0 Å². The van der Waals surface area contributed by atoms with Crippen LogP contribution in [0.2, 0.25) is 0 Å². The quantitative estimate of drug-likeness (QED) is 0.696. The van der Waals surface area contributed by atoms with Crippen molar-refractivity contribution in [2.24, 2.45) is 5.92 Å². The fourth-order valence-corrected chi connectivity index (χ4v) is 1.42. The number of amides is 3. The van der Waals surface area contributed by atoms with Gasteiger partial charge in [0.25, 0.3) is 5.91 Å². The van der Waals surface area contributed by atoms with Gasteiger partial charge in [-0.2, -0.15) is 0 Å². The Labute approximate surface area is 84.7 Å². The Morgan fingerprint density at radius 2 is 2.00 bits per heavy atom. The Kier molecular flexibility index (Phi) is 2.83. The highest BCUT2D eigenvalue weighted by Gasteiger charge is 2.44. The molecule has 14 heavy (non-hydrogen) atoms. The van der Waals surface area contributed by atoms with Crippen LogP contribution in [0.3, 0.4) is 0 Å². The summed E-state index contributed by atoms with van der Waals surface area (Å²) in [4.78, 5) is 24.5. The standard InChI is InChI=1S/C10H18N2O2/c1-5-7(2)6-12-8(13)10(3,4)11-9(12)14/h7H,5-6H2,1-4H3,(H,11,14). The first kappa shape index (κ1) is 11.0. The minimum absolute atomic E-state index is 0.122. The average molecular weight is 198 g/mol. The number of hydrogen-bond donors (Lipinski definition) is 1. The molecule has 0 aromatic heterocycles. The van der Waals surface area contributed by atoms with Crippen LogP contribution < -0.4 is 5.32 Å². The van der Waals surface area contributed by atoms with Gasteiger partial charge < -0.3 is 5.32 Å². The molecule has 1 aliphatic heterocycles. The van der Waals surface area contributed by atoms with Crippen molar-refractivity contribution in [3.05, 3.63) is 0 Å². The van der Waals surface area contributed by atoms with Gasteiger partial charge in [-0.25, -0.2) is 4.79 Å². The third-order valence-electron chi connectivity index (χ3n) is 2.64. The van der Waals surface area contributed by atoms with E-state index < -0.39 is 5.54 Å². The van der Waals surface area contributed by atoms with Gasteiger partial charge in [0.05, 0.1) is 0 Å². The molecule has 0 spiro atoms. The molecule has 1 aliphatic rings. The number of urea groups is 1. The third kappa shape index (κ3) is 1.89. The van der Waals surface area contributed by atoms with E-state index >= 15 is 0 Å². The molecule has 1 N–H and O–H groups in total. The van der Waals surface area contributed by atoms with Crippen LogP contribution in [0.15, 0.2) is 0 Å². The number of nitrogens with one attached hydrogen (secondary N) is 1. The second-order valence-electron chi connectivity index (χ2n) is 4.48. The molecule has 1 unspecified atom stereocenters. The number of carbonyl (C=O) groups is 2. The first-order valence-corrected chi connectivity index (χ1v) is 5.02. The molecule has 1 saturated heterocycles. The fraction of sp³-hybridized carbons (Fsp3) is 0.800. The number of nitrogens with zero attached hydrogens (tertiary/aromatic N) is 1. The SMILES string of the molecule is CCC(C)CN1C(=O)NC(C)(C)C1=O. The molecule has 0 radical (unpaired) electrons. The maximum Gasteiger partial charge on any atom is 0.325 e. The zero-order chi connectivity index (χ0) is 10.9. The molecule has 1 fully saturated rings. The Balaban J connectivity index is 2.71. The van der Waals surface area contributed by atoms with Crippen LogP contribution in [0.5, 0.6) is 0 Å². The van der Waals surface area contributed by atoms with E-state index in [1.54, 1.807) is 13.8 Å². The van der Waals surface area contributed by atoms with Crippen LogP contribution >= 0.6 is 0 Å². The number of carbonyl (C=O) groups excluding carboxylic acids is 2. The Morgan fingerprint density at radius 3 is 2.36 bits per heavy atom. The van der Waals surface area contributed by atoms with Gasteiger partial charge in [0.1, 0.15) is 5.54 Å². The minimum atomic E-state index is -0.732. The highest BCUT2D eigenvalue weighted by Crippen LogP contribution is 2.18. The summed E-state index contributed by atoms with van der Waals surface area (Å²) in [7, 11) is 0. The molecular formula is C10H18N2O2. The van der Waals surface area contributed by atoms with E-state index in [2.05, 4.69) is 5.32 Å². The lowest BCUT2D eigenvalue weighted by molar-refractivity contribution is -0.130. The average Bonchev–Trinajstić information content (AvgIpc) is 2.28. The molecule has 1 atom stereocenters. The summed E-state index contributed by atoms with van der Waals surface area (Å²) >= 11 is 0. The van der Waals surface area contributed by atoms with Crippen molar-refractivity contribution in [3.8, 4) is 0 Å². The van der Waals surface area contributed by atoms with Crippen molar-refractivity contribution in [1.29, 1.82) is 0 Å². The number of hydrogen-bond acceptors (Lipinski definition) is 2. The molecule has 4 heteroatoms. The van der Waals surface area contributed by atoms with E-state index in [1.165, 1.54) is 4.90 Å². The molecule has 0 saturated carbocycles. The van der Waals surface area contributed by atoms with E-state index in [0.717, 1.165) is 6.42 Å². The first-order valence-electron chi connectivity index (χ1n) is 5.02. The summed E-state index contributed by atoms with van der Waals surface area (Å²) in [6, 6.07) is -0.264. The van der Waals surface area contributed by atoms with Crippen molar-refractivity contribution in [2.45, 2.75) is 39.7 Å². The summed E-state index contributed by atoms with van der Waals surface area (Å²) in [5.41, 5.74) is -0.732. The van der Waals surface area contributed by atoms with Gasteiger partial charge in [-0.1, -0.05) is 20.3 Å². The molecular weight excluding hydrogens is 180 g/mol. The predicted octanol–water partition coefficient (Wildman–Crippen LogP) is 1.36. The minimum Gasteiger partial charge on any atom is -0.324 e. The van der Waals surface area contributed by atoms with Gasteiger partial charge in [0.2, 0.25) is 0 Å². The predicted molar refractivity (Wildman–Crippen MR) is 53.8 cm³/mol. The molecule has 80 valence electrons. The van der Waals surface area contributed by atoms with Crippen LogP contribution in [-0.4, -0.2) is 28.9 Å². The third-order valence-corrected chi connectivity index (χ3v) is 2.64. The topological polar surface area (TPSA) is 49.4 Å². The summed E-state index contributed by atoms with van der Waals surface area (Å²) in [6.45, 7) is 8.05. The van der Waals surface area contributed by atoms with E-state index in [1.807, 2.05) is 13.8 Å². The first-order chi connectivity index (χ1) is 6.38. The maximum atomic E-state index is 11.7. The van der Waals surface area contributed by atoms with E-state index in [-0.39, 0.29) is 11.9 Å². The van der Waals surface area contributed by atoms with Crippen molar-refractivity contribution >= 4 is 11.9 Å². The highest BCUT2D eigenvalue weighted by molar-refractivity contribution is 6.06. The lowest BCUT2D eigenvalue weighted by Gasteiger charge is -2.18. The Morgan fingerprint density at radius 1 is 1.43 bits per heavy atom. The highest BCUT2D eigenvalue weighted by atomic mass is 16.2. The molecule has 0 aliphatic carbocycles. The van der Waals surface area contributed by atoms with Gasteiger partial charge >= 0.3 is 6.03 Å². The summed E-state index contributed by atoms with van der Waals surface area (Å²) in [6.07, 6.45) is 0.970. The van der Waals surface area contributed by atoms with Gasteiger partial charge in [0, 0.05) is 6.54 Å². The number of imide groups is 1. The smallest absolute Gasteiger partial charge is 0.324 e. The molecule has 0 bridgehead atoms. The zero-order valence-corrected chi connectivity index (χ0v) is 9.26. The Bertz CT molecular complexity index is 261. The second-order valence-corrected chi connectivity index (χ2v) is 4.48. The van der Waals surface area contributed by atoms with Crippen LogP contribution in [0, 0.1) is 5.92 Å². The summed E-state index contributed by atoms with van der Waals surface area (Å²) in [5.74, 6) is 0.237. The van der Waals surface area contributed by atoms with Crippen LogP contribution in [-0.2, 0) is 4.79 Å². The van der Waals surface area contributed by atoms with Crippen molar-refractivity contribution in [2.75, 3.05) is 6.54 Å². The van der Waals surface area contributed by atoms with Crippen LogP contribution in [0.1, 0.15) is 34.1 Å². The molecule has 1 heterocycles. The lowest BCUT2D eigenvalue weighted by Crippen LogP contribution is -2.40. The molecule has 0 aromatic rings. The van der Waals surface area contributed by atoms with E-state index in [4.69, 9.17) is 0 Å². The number of rotatable bonds is 3. The molecule has 3 amide bonds. The van der Waals surface area contributed by atoms with Crippen molar-refractivity contribution < 1.29 is 9.59 Å². The van der Waals surface area contributed by atoms with Crippen molar-refractivity contribution in [3.63, 3.8) is 0 Å². The zero-order valence-electron chi connectivity index (χ0n) is 9.26. The van der Waals surface area contributed by atoms with E-state index in [0.29, 0.717) is 12.5 Å². The maximum absolute atomic E-state index is 11.7. The summed E-state index contributed by atoms with van der Waals surface area (Å²) < 4.78 is 0. The van der Waals surface area contributed by atoms with Crippen LogP contribution in [0.4, 0.5) is 4.79 Å². The summed E-state index contributed by atoms with van der Waals surface area (Å²) in [5, 5.41) is 2.66.